The highest BCUT2D eigenvalue weighted by Gasteiger charge is 2.14. The van der Waals surface area contributed by atoms with E-state index in [1.54, 1.807) is 6.92 Å². The zero-order chi connectivity index (χ0) is 12.3. The van der Waals surface area contributed by atoms with Gasteiger partial charge in [0, 0.05) is 13.5 Å². The average Bonchev–Trinajstić information content (AvgIpc) is 2.16. The summed E-state index contributed by atoms with van der Waals surface area (Å²) in [5, 5.41) is 11.1. The summed E-state index contributed by atoms with van der Waals surface area (Å²) in [5.74, 6) is -1.67. The molecule has 0 aliphatic rings. The molecule has 0 aromatic carbocycles. The zero-order valence-electron chi connectivity index (χ0n) is 8.85. The van der Waals surface area contributed by atoms with Crippen molar-refractivity contribution < 1.29 is 14.7 Å². The van der Waals surface area contributed by atoms with Crippen molar-refractivity contribution in [3.8, 4) is 0 Å². The first-order chi connectivity index (χ1) is 7.47. The number of nitrogens with zero attached hydrogens (tertiary/aromatic N) is 2. The molecule has 0 spiro atoms. The van der Waals surface area contributed by atoms with Gasteiger partial charge < -0.3 is 5.11 Å². The van der Waals surface area contributed by atoms with Crippen LogP contribution >= 0.6 is 0 Å². The minimum absolute atomic E-state index is 0.0463. The monoisotopic (exact) mass is 225 g/mol. The Bertz CT molecular complexity index is 492. The van der Waals surface area contributed by atoms with Crippen LogP contribution in [-0.4, -0.2) is 26.5 Å². The normalized spacial score (nSPS) is 9.88. The molecule has 0 saturated carbocycles. The van der Waals surface area contributed by atoms with E-state index in [0.717, 1.165) is 10.8 Å². The molecule has 0 saturated heterocycles. The van der Waals surface area contributed by atoms with Crippen LogP contribution < -0.4 is 10.9 Å². The summed E-state index contributed by atoms with van der Waals surface area (Å²) in [6, 6.07) is 0. The van der Waals surface area contributed by atoms with E-state index >= 15 is 0 Å². The van der Waals surface area contributed by atoms with Crippen molar-refractivity contribution in [2.24, 2.45) is 0 Å². The topological polar surface area (TPSA) is 101 Å². The molecule has 0 aliphatic heterocycles. The van der Waals surface area contributed by atoms with E-state index in [0.29, 0.717) is 0 Å². The maximum atomic E-state index is 11.6. The van der Waals surface area contributed by atoms with Gasteiger partial charge in [-0.2, -0.15) is 0 Å². The van der Waals surface area contributed by atoms with E-state index in [1.807, 2.05) is 0 Å². The number of rotatable bonds is 3. The minimum atomic E-state index is -1.34. The number of carbonyl (C=O) groups is 2. The highest BCUT2D eigenvalue weighted by molar-refractivity contribution is 5.88. The molecule has 0 atom stereocenters. The fourth-order valence-electron chi connectivity index (χ4n) is 1.19. The number of carbonyl (C=O) groups excluding carboxylic acids is 1. The second kappa shape index (κ2) is 4.56. The van der Waals surface area contributed by atoms with Crippen LogP contribution in [0.2, 0.25) is 0 Å². The molecule has 16 heavy (non-hydrogen) atoms. The molecule has 1 heterocycles. The molecule has 86 valence electrons. The molecule has 1 rings (SSSR count). The minimum Gasteiger partial charge on any atom is -0.477 e. The molecule has 1 aromatic rings. The number of aromatic nitrogens is 2. The summed E-state index contributed by atoms with van der Waals surface area (Å²) in [6.45, 7) is 3.15. The van der Waals surface area contributed by atoms with Gasteiger partial charge in [-0.05, 0) is 6.92 Å². The van der Waals surface area contributed by atoms with Crippen LogP contribution in [0.3, 0.4) is 0 Å². The summed E-state index contributed by atoms with van der Waals surface area (Å²) in [4.78, 5) is 36.9. The Morgan fingerprint density at radius 1 is 1.56 bits per heavy atom. The third kappa shape index (κ3) is 2.25. The lowest BCUT2D eigenvalue weighted by Crippen LogP contribution is -2.30. The second-order valence-corrected chi connectivity index (χ2v) is 3.03. The molecular weight excluding hydrogens is 214 g/mol. The van der Waals surface area contributed by atoms with Crippen LogP contribution in [-0.2, 0) is 11.3 Å². The van der Waals surface area contributed by atoms with E-state index in [-0.39, 0.29) is 18.4 Å². The predicted molar refractivity (Wildman–Crippen MR) is 55.4 cm³/mol. The van der Waals surface area contributed by atoms with E-state index < -0.39 is 17.1 Å². The van der Waals surface area contributed by atoms with Crippen molar-refractivity contribution in [1.29, 1.82) is 0 Å². The van der Waals surface area contributed by atoms with Crippen LogP contribution in [0.1, 0.15) is 24.2 Å². The van der Waals surface area contributed by atoms with E-state index in [1.165, 1.54) is 6.92 Å². The maximum Gasteiger partial charge on any atom is 0.342 e. The number of amides is 1. The van der Waals surface area contributed by atoms with E-state index in [4.69, 9.17) is 5.11 Å². The van der Waals surface area contributed by atoms with Gasteiger partial charge >= 0.3 is 5.97 Å². The first kappa shape index (κ1) is 11.9. The van der Waals surface area contributed by atoms with Crippen LogP contribution in [0.5, 0.6) is 0 Å². The van der Waals surface area contributed by atoms with Crippen molar-refractivity contribution in [1.82, 2.24) is 9.55 Å². The Hall–Kier alpha value is -2.18. The number of hydrogen-bond donors (Lipinski definition) is 2. The van der Waals surface area contributed by atoms with Crippen molar-refractivity contribution in [2.75, 3.05) is 5.32 Å². The lowest BCUT2D eigenvalue weighted by molar-refractivity contribution is -0.114. The number of hydrogen-bond acceptors (Lipinski definition) is 4. The van der Waals surface area contributed by atoms with Crippen molar-refractivity contribution in [3.63, 3.8) is 0 Å². The summed E-state index contributed by atoms with van der Waals surface area (Å²) in [6.07, 6.45) is 0.933. The Morgan fingerprint density at radius 2 is 2.19 bits per heavy atom. The van der Waals surface area contributed by atoms with E-state index in [9.17, 15) is 14.4 Å². The lowest BCUT2D eigenvalue weighted by atomic mass is 10.3. The molecule has 7 nitrogen and oxygen atoms in total. The van der Waals surface area contributed by atoms with Crippen LogP contribution in [0, 0.1) is 0 Å². The van der Waals surface area contributed by atoms with Crippen LogP contribution in [0.15, 0.2) is 11.0 Å². The summed E-state index contributed by atoms with van der Waals surface area (Å²) >= 11 is 0. The van der Waals surface area contributed by atoms with Crippen LogP contribution in [0.4, 0.5) is 5.95 Å². The maximum absolute atomic E-state index is 11.6. The van der Waals surface area contributed by atoms with Gasteiger partial charge in [0.25, 0.3) is 5.56 Å². The largest absolute Gasteiger partial charge is 0.477 e. The Labute approximate surface area is 90.7 Å². The third-order valence-electron chi connectivity index (χ3n) is 1.88. The van der Waals surface area contributed by atoms with E-state index in [2.05, 4.69) is 10.3 Å². The van der Waals surface area contributed by atoms with Gasteiger partial charge in [0.1, 0.15) is 5.56 Å². The molecule has 0 bridgehead atoms. The lowest BCUT2D eigenvalue weighted by Gasteiger charge is -2.09. The molecule has 0 radical (unpaired) electrons. The first-order valence-electron chi connectivity index (χ1n) is 4.58. The van der Waals surface area contributed by atoms with Crippen molar-refractivity contribution >= 4 is 17.8 Å². The predicted octanol–water partition coefficient (Wildman–Crippen LogP) is -0.0802. The molecule has 0 fully saturated rings. The highest BCUT2D eigenvalue weighted by Crippen LogP contribution is 2.01. The molecule has 2 N–H and O–H groups in total. The quantitative estimate of drug-likeness (QED) is 0.749. The molecule has 0 aliphatic carbocycles. The van der Waals surface area contributed by atoms with Gasteiger partial charge in [0.15, 0.2) is 0 Å². The fraction of sp³-hybridized carbons (Fsp3) is 0.333. The molecular formula is C9H11N3O4. The number of nitrogens with one attached hydrogen (secondary N) is 1. The Balaban J connectivity index is 3.35. The SMILES string of the molecule is CCn1c(NC(C)=O)ncc(C(=O)O)c1=O. The molecule has 1 aromatic heterocycles. The fourth-order valence-corrected chi connectivity index (χ4v) is 1.19. The van der Waals surface area contributed by atoms with Gasteiger partial charge in [-0.1, -0.05) is 0 Å². The van der Waals surface area contributed by atoms with Crippen LogP contribution in [0.25, 0.3) is 0 Å². The van der Waals surface area contributed by atoms with Gasteiger partial charge in [-0.3, -0.25) is 19.5 Å². The molecule has 1 amide bonds. The second-order valence-electron chi connectivity index (χ2n) is 3.03. The number of aromatic carboxylic acids is 1. The van der Waals surface area contributed by atoms with Gasteiger partial charge in [0.05, 0.1) is 6.20 Å². The average molecular weight is 225 g/mol. The van der Waals surface area contributed by atoms with Gasteiger partial charge in [-0.25, -0.2) is 9.78 Å². The first-order valence-corrected chi connectivity index (χ1v) is 4.58. The summed E-state index contributed by atoms with van der Waals surface area (Å²) < 4.78 is 1.09. The van der Waals surface area contributed by atoms with Crippen molar-refractivity contribution in [3.05, 3.63) is 22.1 Å². The summed E-state index contributed by atoms with van der Waals surface area (Å²) in [5.41, 5.74) is -1.11. The zero-order valence-corrected chi connectivity index (χ0v) is 8.85. The molecule has 7 heteroatoms. The smallest absolute Gasteiger partial charge is 0.342 e. The summed E-state index contributed by atoms with van der Waals surface area (Å²) in [7, 11) is 0. The highest BCUT2D eigenvalue weighted by atomic mass is 16.4. The number of carboxylic acid groups (broad SMARTS) is 1. The van der Waals surface area contributed by atoms with Gasteiger partial charge in [-0.15, -0.1) is 0 Å². The standard InChI is InChI=1S/C9H11N3O4/c1-3-12-7(14)6(8(15)16)4-10-9(12)11-5(2)13/h4H,3H2,1-2H3,(H,15,16)(H,10,11,13). The Morgan fingerprint density at radius 3 is 2.62 bits per heavy atom. The third-order valence-corrected chi connectivity index (χ3v) is 1.88. The number of carboxylic acids is 1. The van der Waals surface area contributed by atoms with Crippen molar-refractivity contribution in [2.45, 2.75) is 20.4 Å². The molecule has 0 unspecified atom stereocenters. The van der Waals surface area contributed by atoms with Gasteiger partial charge in [0.2, 0.25) is 11.9 Å². The Kier molecular flexibility index (Phi) is 3.39. The number of anilines is 1.